The van der Waals surface area contributed by atoms with E-state index in [2.05, 4.69) is 10.1 Å². The molecule has 0 unspecified atom stereocenters. The van der Waals surface area contributed by atoms with Gasteiger partial charge < -0.3 is 5.11 Å². The summed E-state index contributed by atoms with van der Waals surface area (Å²) in [4.78, 5) is 27.4. The summed E-state index contributed by atoms with van der Waals surface area (Å²) in [6.07, 6.45) is 1.52. The average molecular weight is 422 g/mol. The number of amidine groups is 2. The SMILES string of the molecule is N=C1C(=Cc2ccc(C(=O)O)cc2)C(=O)N=C2SC(SCc3ccccc3)=NN12. The summed E-state index contributed by atoms with van der Waals surface area (Å²) in [5.74, 6) is -0.858. The summed E-state index contributed by atoms with van der Waals surface area (Å²) >= 11 is 2.79. The summed E-state index contributed by atoms with van der Waals surface area (Å²) in [6, 6.07) is 16.0. The number of carboxylic acids is 1. The fourth-order valence-electron chi connectivity index (χ4n) is 2.64. The van der Waals surface area contributed by atoms with E-state index in [0.717, 1.165) is 15.7 Å². The summed E-state index contributed by atoms with van der Waals surface area (Å²) in [7, 11) is 0. The second-order valence-electron chi connectivity index (χ2n) is 6.09. The van der Waals surface area contributed by atoms with Crippen LogP contribution >= 0.6 is 23.5 Å². The molecule has 2 N–H and O–H groups in total. The van der Waals surface area contributed by atoms with E-state index in [9.17, 15) is 9.59 Å². The van der Waals surface area contributed by atoms with Crippen LogP contribution in [0.4, 0.5) is 0 Å². The van der Waals surface area contributed by atoms with Crippen LogP contribution in [0.3, 0.4) is 0 Å². The first-order valence-electron chi connectivity index (χ1n) is 8.51. The van der Waals surface area contributed by atoms with Gasteiger partial charge in [-0.3, -0.25) is 10.2 Å². The number of benzene rings is 2. The Morgan fingerprint density at radius 2 is 1.90 bits per heavy atom. The van der Waals surface area contributed by atoms with E-state index in [4.69, 9.17) is 10.5 Å². The summed E-state index contributed by atoms with van der Waals surface area (Å²) < 4.78 is 0.720. The lowest BCUT2D eigenvalue weighted by Gasteiger charge is -2.20. The number of amides is 1. The Kier molecular flexibility index (Phi) is 5.32. The van der Waals surface area contributed by atoms with Gasteiger partial charge in [-0.2, -0.15) is 10.0 Å². The molecule has 2 aliphatic heterocycles. The maximum absolute atomic E-state index is 12.4. The van der Waals surface area contributed by atoms with Gasteiger partial charge in [0, 0.05) is 5.75 Å². The van der Waals surface area contributed by atoms with E-state index in [1.54, 1.807) is 12.1 Å². The number of hydrazone groups is 1. The largest absolute Gasteiger partial charge is 0.478 e. The van der Waals surface area contributed by atoms with E-state index in [1.807, 2.05) is 30.3 Å². The van der Waals surface area contributed by atoms with Crippen LogP contribution in [0.25, 0.3) is 6.08 Å². The van der Waals surface area contributed by atoms with Crippen LogP contribution in [0.1, 0.15) is 21.5 Å². The van der Waals surface area contributed by atoms with Crippen molar-refractivity contribution in [2.24, 2.45) is 10.1 Å². The zero-order valence-corrected chi connectivity index (χ0v) is 16.5. The number of aromatic carboxylic acids is 1. The van der Waals surface area contributed by atoms with E-state index in [-0.39, 0.29) is 17.0 Å². The van der Waals surface area contributed by atoms with Crippen LogP contribution in [-0.2, 0) is 10.5 Å². The molecule has 29 heavy (non-hydrogen) atoms. The van der Waals surface area contributed by atoms with E-state index >= 15 is 0 Å². The molecule has 7 nitrogen and oxygen atoms in total. The van der Waals surface area contributed by atoms with Gasteiger partial charge >= 0.3 is 5.97 Å². The van der Waals surface area contributed by atoms with Gasteiger partial charge in [0.05, 0.1) is 11.1 Å². The van der Waals surface area contributed by atoms with Crippen molar-refractivity contribution < 1.29 is 14.7 Å². The molecule has 0 aliphatic carbocycles. The number of carboxylic acid groups (broad SMARTS) is 1. The molecule has 2 heterocycles. The molecule has 2 aliphatic rings. The van der Waals surface area contributed by atoms with Crippen molar-refractivity contribution in [2.75, 3.05) is 0 Å². The van der Waals surface area contributed by atoms with Gasteiger partial charge in [0.25, 0.3) is 5.91 Å². The molecule has 0 saturated heterocycles. The van der Waals surface area contributed by atoms with Crippen molar-refractivity contribution >= 4 is 56.9 Å². The lowest BCUT2D eigenvalue weighted by molar-refractivity contribution is -0.114. The molecule has 0 bridgehead atoms. The van der Waals surface area contributed by atoms with Crippen molar-refractivity contribution in [2.45, 2.75) is 5.75 Å². The molecular formula is C20H14N4O3S2. The lowest BCUT2D eigenvalue weighted by Crippen LogP contribution is -2.35. The Hall–Kier alpha value is -3.17. The molecule has 144 valence electrons. The minimum atomic E-state index is -1.02. The topological polar surface area (TPSA) is 106 Å². The molecule has 0 radical (unpaired) electrons. The minimum absolute atomic E-state index is 0.0508. The van der Waals surface area contributed by atoms with Crippen LogP contribution in [0.2, 0.25) is 0 Å². The number of rotatable bonds is 4. The van der Waals surface area contributed by atoms with Gasteiger partial charge in [0.15, 0.2) is 10.2 Å². The predicted octanol–water partition coefficient (Wildman–Crippen LogP) is 3.89. The summed E-state index contributed by atoms with van der Waals surface area (Å²) in [5, 5.41) is 23.5. The van der Waals surface area contributed by atoms with Crippen LogP contribution in [-0.4, -0.2) is 37.4 Å². The first-order valence-corrected chi connectivity index (χ1v) is 10.3. The number of carbonyl (C=O) groups is 2. The quantitative estimate of drug-likeness (QED) is 0.724. The molecule has 0 saturated carbocycles. The van der Waals surface area contributed by atoms with Crippen LogP contribution in [0, 0.1) is 5.41 Å². The van der Waals surface area contributed by atoms with E-state index in [1.165, 1.54) is 46.7 Å². The van der Waals surface area contributed by atoms with Crippen molar-refractivity contribution in [1.29, 1.82) is 5.41 Å². The van der Waals surface area contributed by atoms with Crippen molar-refractivity contribution in [3.63, 3.8) is 0 Å². The van der Waals surface area contributed by atoms with Crippen LogP contribution in [0.15, 0.2) is 70.3 Å². The zero-order valence-electron chi connectivity index (χ0n) is 14.9. The molecule has 0 atom stereocenters. The Bertz CT molecular complexity index is 1090. The number of thioether (sulfide) groups is 2. The van der Waals surface area contributed by atoms with Gasteiger partial charge in [0.1, 0.15) is 0 Å². The first-order chi connectivity index (χ1) is 14.0. The fourth-order valence-corrected chi connectivity index (χ4v) is 4.52. The normalized spacial score (nSPS) is 17.2. The smallest absolute Gasteiger partial charge is 0.335 e. The number of fused-ring (bicyclic) bond motifs is 1. The molecule has 4 rings (SSSR count). The monoisotopic (exact) mass is 422 g/mol. The highest BCUT2D eigenvalue weighted by atomic mass is 32.2. The number of hydrogen-bond acceptors (Lipinski definition) is 6. The van der Waals surface area contributed by atoms with Crippen LogP contribution in [0.5, 0.6) is 0 Å². The highest BCUT2D eigenvalue weighted by Gasteiger charge is 2.35. The third kappa shape index (κ3) is 4.15. The van der Waals surface area contributed by atoms with Gasteiger partial charge in [-0.1, -0.05) is 54.2 Å². The second-order valence-corrected chi connectivity index (χ2v) is 8.27. The highest BCUT2D eigenvalue weighted by Crippen LogP contribution is 2.33. The number of hydrogen-bond donors (Lipinski definition) is 2. The molecule has 2 aromatic rings. The third-order valence-electron chi connectivity index (χ3n) is 4.11. The zero-order chi connectivity index (χ0) is 20.4. The molecule has 9 heteroatoms. The Labute approximate surface area is 174 Å². The predicted molar refractivity (Wildman–Crippen MR) is 116 cm³/mol. The number of carbonyl (C=O) groups excluding carboxylic acids is 1. The van der Waals surface area contributed by atoms with Crippen LogP contribution < -0.4 is 0 Å². The maximum atomic E-state index is 12.4. The molecule has 1 amide bonds. The van der Waals surface area contributed by atoms with E-state index in [0.29, 0.717) is 10.7 Å². The molecule has 0 fully saturated rings. The lowest BCUT2D eigenvalue weighted by atomic mass is 10.1. The standard InChI is InChI=1S/C20H14N4O3S2/c21-16-15(10-12-6-8-14(9-7-12)18(26)27)17(25)22-19-24(16)23-20(29-19)28-11-13-4-2-1-3-5-13/h1-10,21H,11H2,(H,26,27). The third-order valence-corrected chi connectivity index (χ3v) is 6.22. The number of aliphatic imine (C=N–C) groups is 1. The Balaban J connectivity index is 1.52. The summed E-state index contributed by atoms with van der Waals surface area (Å²) in [5.41, 5.74) is 2.02. The van der Waals surface area contributed by atoms with Gasteiger partial charge in [-0.15, -0.1) is 5.10 Å². The second kappa shape index (κ2) is 8.06. The van der Waals surface area contributed by atoms with Gasteiger partial charge in [0.2, 0.25) is 5.17 Å². The van der Waals surface area contributed by atoms with E-state index < -0.39 is 11.9 Å². The maximum Gasteiger partial charge on any atom is 0.335 e. The number of nitrogens with one attached hydrogen (secondary N) is 1. The number of nitrogens with zero attached hydrogens (tertiary/aromatic N) is 3. The van der Waals surface area contributed by atoms with Gasteiger partial charge in [-0.05, 0) is 41.1 Å². The summed E-state index contributed by atoms with van der Waals surface area (Å²) in [6.45, 7) is 0. The Morgan fingerprint density at radius 3 is 2.59 bits per heavy atom. The molecule has 2 aromatic carbocycles. The molecular weight excluding hydrogens is 408 g/mol. The fraction of sp³-hybridized carbons (Fsp3) is 0.0500. The van der Waals surface area contributed by atoms with Crippen molar-refractivity contribution in [1.82, 2.24) is 5.01 Å². The highest BCUT2D eigenvalue weighted by molar-refractivity contribution is 8.45. The average Bonchev–Trinajstić information content (AvgIpc) is 3.14. The minimum Gasteiger partial charge on any atom is -0.478 e. The van der Waals surface area contributed by atoms with Crippen molar-refractivity contribution in [3.8, 4) is 0 Å². The van der Waals surface area contributed by atoms with Crippen molar-refractivity contribution in [3.05, 3.63) is 76.9 Å². The molecule has 0 spiro atoms. The van der Waals surface area contributed by atoms with Gasteiger partial charge in [-0.25, -0.2) is 4.79 Å². The molecule has 0 aromatic heterocycles. The Morgan fingerprint density at radius 1 is 1.17 bits per heavy atom. The first kappa shape index (κ1) is 19.2.